The number of aliphatic hydroxyl groups excluding tert-OH is 1. The van der Waals surface area contributed by atoms with Crippen molar-refractivity contribution in [3.8, 4) is 0 Å². The molecular weight excluding hydrogens is 256 g/mol. The van der Waals surface area contributed by atoms with Gasteiger partial charge in [0.25, 0.3) is 0 Å². The first-order chi connectivity index (χ1) is 7.16. The van der Waals surface area contributed by atoms with E-state index in [9.17, 15) is 5.11 Å². The van der Waals surface area contributed by atoms with E-state index in [0.29, 0.717) is 6.61 Å². The lowest BCUT2D eigenvalue weighted by Gasteiger charge is -2.17. The molecule has 1 saturated heterocycles. The van der Waals surface area contributed by atoms with Gasteiger partial charge in [-0.1, -0.05) is 22.0 Å². The van der Waals surface area contributed by atoms with Gasteiger partial charge in [-0.15, -0.1) is 0 Å². The second kappa shape index (κ2) is 4.64. The van der Waals surface area contributed by atoms with Gasteiger partial charge in [-0.05, 0) is 36.6 Å². The van der Waals surface area contributed by atoms with Gasteiger partial charge in [-0.25, -0.2) is 0 Å². The molecule has 15 heavy (non-hydrogen) atoms. The molecule has 1 fully saturated rings. The first-order valence-electron chi connectivity index (χ1n) is 5.20. The molecule has 2 nitrogen and oxygen atoms in total. The Kier molecular flexibility index (Phi) is 3.44. The maximum Gasteiger partial charge on any atom is 0.0841 e. The second-order valence-corrected chi connectivity index (χ2v) is 5.05. The van der Waals surface area contributed by atoms with E-state index in [1.165, 1.54) is 0 Å². The average Bonchev–Trinajstić information content (AvgIpc) is 2.67. The molecule has 3 heteroatoms. The highest BCUT2D eigenvalue weighted by Crippen LogP contribution is 2.30. The summed E-state index contributed by atoms with van der Waals surface area (Å²) in [4.78, 5) is 0. The van der Waals surface area contributed by atoms with Crippen LogP contribution in [0.1, 0.15) is 23.7 Å². The Morgan fingerprint density at radius 3 is 2.87 bits per heavy atom. The van der Waals surface area contributed by atoms with Crippen LogP contribution in [0.25, 0.3) is 0 Å². The molecule has 1 N–H and O–H groups in total. The summed E-state index contributed by atoms with van der Waals surface area (Å²) in [6.45, 7) is 3.48. The van der Waals surface area contributed by atoms with E-state index in [1.54, 1.807) is 0 Å². The molecule has 1 aromatic rings. The van der Waals surface area contributed by atoms with E-state index in [1.807, 2.05) is 25.1 Å². The summed E-state index contributed by atoms with van der Waals surface area (Å²) >= 11 is 3.45. The summed E-state index contributed by atoms with van der Waals surface area (Å²) in [6.07, 6.45) is 0.552. The fourth-order valence-corrected chi connectivity index (χ4v) is 2.63. The predicted octanol–water partition coefficient (Wildman–Crippen LogP) is 2.83. The van der Waals surface area contributed by atoms with Gasteiger partial charge < -0.3 is 9.84 Å². The standard InChI is InChI=1S/C12H15BrO2/c1-8-4-10(6-11(13)5-8)12(14)9-2-3-15-7-9/h4-6,9,12,14H,2-3,7H2,1H3. The third-order valence-electron chi connectivity index (χ3n) is 2.82. The molecule has 1 aliphatic heterocycles. The van der Waals surface area contributed by atoms with Crippen molar-refractivity contribution in [3.05, 3.63) is 33.8 Å². The average molecular weight is 271 g/mol. The quantitative estimate of drug-likeness (QED) is 0.896. The van der Waals surface area contributed by atoms with Crippen molar-refractivity contribution < 1.29 is 9.84 Å². The van der Waals surface area contributed by atoms with E-state index in [4.69, 9.17) is 4.74 Å². The number of hydrogen-bond acceptors (Lipinski definition) is 2. The number of ether oxygens (including phenoxy) is 1. The van der Waals surface area contributed by atoms with E-state index in [-0.39, 0.29) is 5.92 Å². The van der Waals surface area contributed by atoms with Crippen LogP contribution in [0.2, 0.25) is 0 Å². The van der Waals surface area contributed by atoms with Crippen LogP contribution in [0.15, 0.2) is 22.7 Å². The van der Waals surface area contributed by atoms with Crippen LogP contribution in [-0.4, -0.2) is 18.3 Å². The van der Waals surface area contributed by atoms with Gasteiger partial charge >= 0.3 is 0 Å². The van der Waals surface area contributed by atoms with Crippen LogP contribution in [0.4, 0.5) is 0 Å². The maximum absolute atomic E-state index is 10.2. The maximum atomic E-state index is 10.2. The van der Waals surface area contributed by atoms with Gasteiger partial charge in [0.2, 0.25) is 0 Å². The van der Waals surface area contributed by atoms with Crippen molar-refractivity contribution in [2.75, 3.05) is 13.2 Å². The van der Waals surface area contributed by atoms with Gasteiger partial charge in [-0.3, -0.25) is 0 Å². The fraction of sp³-hybridized carbons (Fsp3) is 0.500. The number of hydrogen-bond donors (Lipinski definition) is 1. The molecule has 0 amide bonds. The molecule has 2 rings (SSSR count). The molecule has 0 saturated carbocycles. The Balaban J connectivity index is 2.20. The molecule has 0 aliphatic carbocycles. The number of rotatable bonds is 2. The molecular formula is C12H15BrO2. The van der Waals surface area contributed by atoms with Crippen molar-refractivity contribution in [2.24, 2.45) is 5.92 Å². The number of aliphatic hydroxyl groups is 1. The molecule has 0 radical (unpaired) electrons. The highest BCUT2D eigenvalue weighted by Gasteiger charge is 2.25. The Hall–Kier alpha value is -0.380. The second-order valence-electron chi connectivity index (χ2n) is 4.13. The number of benzene rings is 1. The topological polar surface area (TPSA) is 29.5 Å². The summed E-state index contributed by atoms with van der Waals surface area (Å²) < 4.78 is 6.31. The zero-order valence-corrected chi connectivity index (χ0v) is 10.3. The molecule has 0 spiro atoms. The van der Waals surface area contributed by atoms with E-state index < -0.39 is 6.10 Å². The first-order valence-corrected chi connectivity index (χ1v) is 5.99. The molecule has 0 bridgehead atoms. The third-order valence-corrected chi connectivity index (χ3v) is 3.28. The minimum atomic E-state index is -0.399. The fourth-order valence-electron chi connectivity index (χ4n) is 2.01. The SMILES string of the molecule is Cc1cc(Br)cc(C(O)C2CCOC2)c1. The molecule has 0 aromatic heterocycles. The molecule has 1 heterocycles. The van der Waals surface area contributed by atoms with E-state index >= 15 is 0 Å². The van der Waals surface area contributed by atoms with E-state index in [0.717, 1.165) is 28.6 Å². The van der Waals surface area contributed by atoms with Crippen LogP contribution in [-0.2, 0) is 4.74 Å². The molecule has 1 aliphatic rings. The van der Waals surface area contributed by atoms with Crippen molar-refractivity contribution in [3.63, 3.8) is 0 Å². The molecule has 1 aromatic carbocycles. The molecule has 2 atom stereocenters. The van der Waals surface area contributed by atoms with Crippen molar-refractivity contribution in [1.29, 1.82) is 0 Å². The lowest BCUT2D eigenvalue weighted by Crippen LogP contribution is -2.12. The Bertz CT molecular complexity index is 325. The van der Waals surface area contributed by atoms with Crippen LogP contribution >= 0.6 is 15.9 Å². The molecule has 2 unspecified atom stereocenters. The van der Waals surface area contributed by atoms with Crippen molar-refractivity contribution >= 4 is 15.9 Å². The smallest absolute Gasteiger partial charge is 0.0841 e. The monoisotopic (exact) mass is 270 g/mol. The van der Waals surface area contributed by atoms with Crippen molar-refractivity contribution in [1.82, 2.24) is 0 Å². The Morgan fingerprint density at radius 2 is 2.27 bits per heavy atom. The lowest BCUT2D eigenvalue weighted by molar-refractivity contribution is 0.0917. The highest BCUT2D eigenvalue weighted by atomic mass is 79.9. The summed E-state index contributed by atoms with van der Waals surface area (Å²) in [5.41, 5.74) is 2.15. The Morgan fingerprint density at radius 1 is 1.47 bits per heavy atom. The normalized spacial score (nSPS) is 23.0. The zero-order valence-electron chi connectivity index (χ0n) is 8.74. The number of halogens is 1. The lowest BCUT2D eigenvalue weighted by atomic mass is 9.94. The first kappa shape index (κ1) is 11.1. The summed E-state index contributed by atoms with van der Waals surface area (Å²) in [6, 6.07) is 6.06. The summed E-state index contributed by atoms with van der Waals surface area (Å²) in [7, 11) is 0. The van der Waals surface area contributed by atoms with Crippen LogP contribution in [0, 0.1) is 12.8 Å². The van der Waals surface area contributed by atoms with Gasteiger partial charge in [0.1, 0.15) is 0 Å². The van der Waals surface area contributed by atoms with Gasteiger partial charge in [0.15, 0.2) is 0 Å². The third kappa shape index (κ3) is 2.60. The van der Waals surface area contributed by atoms with E-state index in [2.05, 4.69) is 15.9 Å². The van der Waals surface area contributed by atoms with Crippen LogP contribution in [0.5, 0.6) is 0 Å². The number of aryl methyl sites for hydroxylation is 1. The largest absolute Gasteiger partial charge is 0.388 e. The summed E-state index contributed by atoms with van der Waals surface area (Å²) in [5.74, 6) is 0.249. The van der Waals surface area contributed by atoms with Gasteiger partial charge in [0, 0.05) is 17.0 Å². The molecule has 82 valence electrons. The van der Waals surface area contributed by atoms with Crippen LogP contribution < -0.4 is 0 Å². The van der Waals surface area contributed by atoms with Gasteiger partial charge in [0.05, 0.1) is 12.7 Å². The van der Waals surface area contributed by atoms with Gasteiger partial charge in [-0.2, -0.15) is 0 Å². The minimum Gasteiger partial charge on any atom is -0.388 e. The Labute approximate surface area is 98.4 Å². The predicted molar refractivity (Wildman–Crippen MR) is 62.8 cm³/mol. The zero-order chi connectivity index (χ0) is 10.8. The summed E-state index contributed by atoms with van der Waals surface area (Å²) in [5, 5.41) is 10.2. The van der Waals surface area contributed by atoms with Crippen molar-refractivity contribution in [2.45, 2.75) is 19.4 Å². The van der Waals surface area contributed by atoms with Crippen LogP contribution in [0.3, 0.4) is 0 Å². The highest BCUT2D eigenvalue weighted by molar-refractivity contribution is 9.10. The minimum absolute atomic E-state index is 0.249.